The number of nitrogens with zero attached hydrogens (tertiary/aromatic N) is 3. The highest BCUT2D eigenvalue weighted by Crippen LogP contribution is 2.23. The van der Waals surface area contributed by atoms with Gasteiger partial charge in [-0.2, -0.15) is 5.10 Å². The number of fused-ring (bicyclic) bond motifs is 2. The fraction of sp³-hybridized carbons (Fsp3) is 0.0769. The van der Waals surface area contributed by atoms with E-state index in [0.29, 0.717) is 17.1 Å². The monoisotopic (exact) mass is 458 g/mol. The van der Waals surface area contributed by atoms with Gasteiger partial charge in [0.15, 0.2) is 0 Å². The molecule has 1 N–H and O–H groups in total. The van der Waals surface area contributed by atoms with Crippen LogP contribution in [0.25, 0.3) is 21.8 Å². The Kier molecular flexibility index (Phi) is 5.44. The van der Waals surface area contributed by atoms with E-state index in [1.807, 2.05) is 70.9 Å². The summed E-state index contributed by atoms with van der Waals surface area (Å²) in [5, 5.41) is 6.55. The Morgan fingerprint density at radius 1 is 1.03 bits per heavy atom. The Balaban J connectivity index is 1.42. The average molecular weight is 459 g/mol. The van der Waals surface area contributed by atoms with Gasteiger partial charge in [-0.15, -0.1) is 0 Å². The fourth-order valence-electron chi connectivity index (χ4n) is 4.06. The molecule has 1 amide bonds. The molecule has 0 aliphatic heterocycles. The SMILES string of the molecule is Cn1cc(C(=O)N/N=C\c2cn(Cc3ccc(Cl)cc3)c3cc(F)ccc23)c2ccccc21. The quantitative estimate of drug-likeness (QED) is 0.265. The highest BCUT2D eigenvalue weighted by atomic mass is 35.5. The summed E-state index contributed by atoms with van der Waals surface area (Å²) in [7, 11) is 1.90. The van der Waals surface area contributed by atoms with E-state index in [1.165, 1.54) is 12.1 Å². The van der Waals surface area contributed by atoms with E-state index in [9.17, 15) is 9.18 Å². The van der Waals surface area contributed by atoms with E-state index < -0.39 is 0 Å². The average Bonchev–Trinajstić information content (AvgIpc) is 3.33. The molecule has 0 saturated carbocycles. The maximum atomic E-state index is 14.0. The van der Waals surface area contributed by atoms with Crippen LogP contribution in [0.3, 0.4) is 0 Å². The van der Waals surface area contributed by atoms with Crippen molar-refractivity contribution in [3.8, 4) is 0 Å². The van der Waals surface area contributed by atoms with Gasteiger partial charge >= 0.3 is 0 Å². The van der Waals surface area contributed by atoms with E-state index in [2.05, 4.69) is 10.5 Å². The number of para-hydroxylation sites is 1. The molecule has 0 fully saturated rings. The summed E-state index contributed by atoms with van der Waals surface area (Å²) in [6, 6.07) is 19.9. The van der Waals surface area contributed by atoms with Gasteiger partial charge < -0.3 is 9.13 Å². The summed E-state index contributed by atoms with van der Waals surface area (Å²) in [6.45, 7) is 0.549. The molecule has 164 valence electrons. The van der Waals surface area contributed by atoms with Gasteiger partial charge in [-0.3, -0.25) is 4.79 Å². The molecule has 0 saturated heterocycles. The fourth-order valence-corrected chi connectivity index (χ4v) is 4.18. The third-order valence-electron chi connectivity index (χ3n) is 5.65. The molecule has 5 aromatic rings. The van der Waals surface area contributed by atoms with Gasteiger partial charge in [0.05, 0.1) is 17.3 Å². The van der Waals surface area contributed by atoms with Crippen molar-refractivity contribution >= 4 is 45.5 Å². The van der Waals surface area contributed by atoms with Crippen molar-refractivity contribution in [2.45, 2.75) is 6.54 Å². The molecule has 0 aliphatic carbocycles. The highest BCUT2D eigenvalue weighted by Gasteiger charge is 2.13. The van der Waals surface area contributed by atoms with Gasteiger partial charge in [0.25, 0.3) is 5.91 Å². The van der Waals surface area contributed by atoms with Crippen LogP contribution < -0.4 is 5.43 Å². The molecular weight excluding hydrogens is 439 g/mol. The minimum absolute atomic E-state index is 0.293. The molecule has 0 bridgehead atoms. The first-order valence-electron chi connectivity index (χ1n) is 10.4. The van der Waals surface area contributed by atoms with Crippen molar-refractivity contribution in [1.29, 1.82) is 0 Å². The summed E-state index contributed by atoms with van der Waals surface area (Å²) in [4.78, 5) is 12.7. The van der Waals surface area contributed by atoms with Crippen LogP contribution in [0, 0.1) is 5.82 Å². The summed E-state index contributed by atoms with van der Waals surface area (Å²) < 4.78 is 17.8. The Morgan fingerprint density at radius 2 is 1.82 bits per heavy atom. The molecule has 3 aromatic carbocycles. The lowest BCUT2D eigenvalue weighted by molar-refractivity contribution is 0.0956. The molecule has 0 unspecified atom stereocenters. The zero-order valence-electron chi connectivity index (χ0n) is 17.8. The van der Waals surface area contributed by atoms with Crippen molar-refractivity contribution in [2.24, 2.45) is 12.1 Å². The molecule has 0 aliphatic rings. The number of hydrogen-bond acceptors (Lipinski definition) is 2. The van der Waals surface area contributed by atoms with E-state index in [4.69, 9.17) is 11.6 Å². The summed E-state index contributed by atoms with van der Waals surface area (Å²) in [5.74, 6) is -0.607. The first kappa shape index (κ1) is 21.0. The molecular formula is C26H20ClFN4O. The number of rotatable bonds is 5. The third-order valence-corrected chi connectivity index (χ3v) is 5.90. The van der Waals surface area contributed by atoms with Crippen LogP contribution in [0.5, 0.6) is 0 Å². The lowest BCUT2D eigenvalue weighted by atomic mass is 10.2. The van der Waals surface area contributed by atoms with E-state index in [0.717, 1.165) is 32.9 Å². The minimum Gasteiger partial charge on any atom is -0.350 e. The Morgan fingerprint density at radius 3 is 2.64 bits per heavy atom. The number of carbonyl (C=O) groups is 1. The number of benzene rings is 3. The first-order chi connectivity index (χ1) is 16.0. The molecule has 0 atom stereocenters. The number of hydrazone groups is 1. The molecule has 33 heavy (non-hydrogen) atoms. The number of carbonyl (C=O) groups excluding carboxylic acids is 1. The van der Waals surface area contributed by atoms with Crippen LogP contribution in [-0.2, 0) is 13.6 Å². The molecule has 7 heteroatoms. The van der Waals surface area contributed by atoms with Crippen LogP contribution >= 0.6 is 11.6 Å². The van der Waals surface area contributed by atoms with Crippen LogP contribution in [0.2, 0.25) is 5.02 Å². The van der Waals surface area contributed by atoms with E-state index in [-0.39, 0.29) is 11.7 Å². The Bertz CT molecular complexity index is 1520. The molecule has 2 heterocycles. The lowest BCUT2D eigenvalue weighted by Gasteiger charge is -2.06. The van der Waals surface area contributed by atoms with Crippen LogP contribution in [0.15, 0.2) is 84.2 Å². The smallest absolute Gasteiger partial charge is 0.273 e. The first-order valence-corrected chi connectivity index (χ1v) is 10.8. The van der Waals surface area contributed by atoms with E-state index in [1.54, 1.807) is 18.5 Å². The van der Waals surface area contributed by atoms with E-state index >= 15 is 0 Å². The number of amides is 1. The van der Waals surface area contributed by atoms with Crippen molar-refractivity contribution in [1.82, 2.24) is 14.6 Å². The van der Waals surface area contributed by atoms with Gasteiger partial charge in [0, 0.05) is 52.9 Å². The van der Waals surface area contributed by atoms with Gasteiger partial charge in [-0.1, -0.05) is 41.9 Å². The maximum absolute atomic E-state index is 14.0. The van der Waals surface area contributed by atoms with Crippen LogP contribution in [-0.4, -0.2) is 21.3 Å². The predicted octanol–water partition coefficient (Wildman–Crippen LogP) is 5.74. The second kappa shape index (κ2) is 8.56. The second-order valence-electron chi connectivity index (χ2n) is 7.87. The lowest BCUT2D eigenvalue weighted by Crippen LogP contribution is -2.17. The van der Waals surface area contributed by atoms with Gasteiger partial charge in [0.1, 0.15) is 5.82 Å². The number of nitrogens with one attached hydrogen (secondary N) is 1. The predicted molar refractivity (Wildman–Crippen MR) is 130 cm³/mol. The second-order valence-corrected chi connectivity index (χ2v) is 8.31. The number of aromatic nitrogens is 2. The van der Waals surface area contributed by atoms with Crippen molar-refractivity contribution in [3.05, 3.63) is 107 Å². The molecule has 0 radical (unpaired) electrons. The van der Waals surface area contributed by atoms with Crippen molar-refractivity contribution < 1.29 is 9.18 Å². The number of halogens is 2. The number of aryl methyl sites for hydroxylation is 1. The van der Waals surface area contributed by atoms with Crippen LogP contribution in [0.1, 0.15) is 21.5 Å². The normalized spacial score (nSPS) is 11.6. The third kappa shape index (κ3) is 4.13. The Hall–Kier alpha value is -3.90. The Labute approximate surface area is 194 Å². The van der Waals surface area contributed by atoms with Gasteiger partial charge in [-0.05, 0) is 42.0 Å². The molecule has 2 aromatic heterocycles. The summed E-state index contributed by atoms with van der Waals surface area (Å²) >= 11 is 5.99. The standard InChI is InChI=1S/C26H20ClFN4O/c1-31-16-23(22-4-2-3-5-24(22)31)26(33)30-29-13-18-15-32(14-17-6-8-19(27)9-7-17)25-12-20(28)10-11-21(18)25/h2-13,15-16H,14H2,1H3,(H,30,33)/b29-13-. The van der Waals surface area contributed by atoms with Gasteiger partial charge in [-0.25, -0.2) is 9.82 Å². The zero-order valence-corrected chi connectivity index (χ0v) is 18.6. The topological polar surface area (TPSA) is 51.3 Å². The zero-order chi connectivity index (χ0) is 22.9. The maximum Gasteiger partial charge on any atom is 0.273 e. The molecule has 0 spiro atoms. The molecule has 5 rings (SSSR count). The van der Waals surface area contributed by atoms with Crippen molar-refractivity contribution in [3.63, 3.8) is 0 Å². The number of hydrogen-bond donors (Lipinski definition) is 1. The highest BCUT2D eigenvalue weighted by molar-refractivity contribution is 6.30. The van der Waals surface area contributed by atoms with Gasteiger partial charge in [0.2, 0.25) is 0 Å². The van der Waals surface area contributed by atoms with Crippen molar-refractivity contribution in [2.75, 3.05) is 0 Å². The minimum atomic E-state index is -0.314. The largest absolute Gasteiger partial charge is 0.350 e. The summed E-state index contributed by atoms with van der Waals surface area (Å²) in [6.07, 6.45) is 5.27. The van der Waals surface area contributed by atoms with Crippen LogP contribution in [0.4, 0.5) is 4.39 Å². The molecule has 5 nitrogen and oxygen atoms in total. The summed E-state index contributed by atoms with van der Waals surface area (Å²) in [5.41, 5.74) is 6.69.